The van der Waals surface area contributed by atoms with Gasteiger partial charge in [-0.05, 0) is 55.3 Å². The highest BCUT2D eigenvalue weighted by Gasteiger charge is 2.14. The lowest BCUT2D eigenvalue weighted by Gasteiger charge is -2.17. The summed E-state index contributed by atoms with van der Waals surface area (Å²) in [6, 6.07) is 10.9. The Kier molecular flexibility index (Phi) is 9.47. The Hall–Kier alpha value is -2.74. The SMILES string of the molecule is CCCOc1ccc(C(C)NC(=O)CSCC(=O)Nc2ccc(F)cc2)cc1OC. The highest BCUT2D eigenvalue weighted by molar-refractivity contribution is 8.00. The number of hydrogen-bond donors (Lipinski definition) is 2. The van der Waals surface area contributed by atoms with Gasteiger partial charge in [0, 0.05) is 5.69 Å². The molecular weight excluding hydrogens is 407 g/mol. The minimum absolute atomic E-state index is 0.121. The maximum atomic E-state index is 12.9. The van der Waals surface area contributed by atoms with E-state index in [1.807, 2.05) is 32.0 Å². The fourth-order valence-corrected chi connectivity index (χ4v) is 3.25. The van der Waals surface area contributed by atoms with Crippen LogP contribution in [0.15, 0.2) is 42.5 Å². The molecular formula is C22H27FN2O4S. The Bertz CT molecular complexity index is 846. The predicted octanol–water partition coefficient (Wildman–Crippen LogP) is 4.17. The molecule has 8 heteroatoms. The minimum Gasteiger partial charge on any atom is -0.493 e. The zero-order chi connectivity index (χ0) is 21.9. The van der Waals surface area contributed by atoms with E-state index in [-0.39, 0.29) is 35.2 Å². The van der Waals surface area contributed by atoms with Crippen LogP contribution in [0.1, 0.15) is 31.9 Å². The number of amides is 2. The van der Waals surface area contributed by atoms with Crippen LogP contribution in [0.5, 0.6) is 11.5 Å². The van der Waals surface area contributed by atoms with Gasteiger partial charge >= 0.3 is 0 Å². The third-order valence-electron chi connectivity index (χ3n) is 4.12. The number of anilines is 1. The second-order valence-corrected chi connectivity index (χ2v) is 7.58. The van der Waals surface area contributed by atoms with Gasteiger partial charge in [-0.2, -0.15) is 0 Å². The molecule has 162 valence electrons. The Labute approximate surface area is 180 Å². The van der Waals surface area contributed by atoms with Crippen molar-refractivity contribution in [3.05, 3.63) is 53.8 Å². The third-order valence-corrected chi connectivity index (χ3v) is 5.05. The maximum Gasteiger partial charge on any atom is 0.234 e. The van der Waals surface area contributed by atoms with Gasteiger partial charge in [-0.15, -0.1) is 11.8 Å². The average molecular weight is 435 g/mol. The normalized spacial score (nSPS) is 11.5. The molecule has 1 atom stereocenters. The van der Waals surface area contributed by atoms with E-state index in [2.05, 4.69) is 10.6 Å². The van der Waals surface area contributed by atoms with Crippen LogP contribution >= 0.6 is 11.8 Å². The van der Waals surface area contributed by atoms with E-state index < -0.39 is 0 Å². The molecule has 1 unspecified atom stereocenters. The first-order chi connectivity index (χ1) is 14.4. The van der Waals surface area contributed by atoms with E-state index in [1.54, 1.807) is 7.11 Å². The summed E-state index contributed by atoms with van der Waals surface area (Å²) in [6.07, 6.45) is 0.900. The Balaban J connectivity index is 1.78. The highest BCUT2D eigenvalue weighted by Crippen LogP contribution is 2.30. The van der Waals surface area contributed by atoms with E-state index in [9.17, 15) is 14.0 Å². The number of methoxy groups -OCH3 is 1. The lowest BCUT2D eigenvalue weighted by molar-refractivity contribution is -0.119. The van der Waals surface area contributed by atoms with E-state index in [0.717, 1.165) is 12.0 Å². The Morgan fingerprint density at radius 3 is 2.43 bits per heavy atom. The number of nitrogens with one attached hydrogen (secondary N) is 2. The molecule has 0 spiro atoms. The molecule has 0 aliphatic carbocycles. The molecule has 0 radical (unpaired) electrons. The standard InChI is InChI=1S/C22H27FN2O4S/c1-4-11-29-19-10-5-16(12-20(19)28-3)15(2)24-21(26)13-30-14-22(27)25-18-8-6-17(23)7-9-18/h5-10,12,15H,4,11,13-14H2,1-3H3,(H,24,26)(H,25,27). The van der Waals surface area contributed by atoms with Crippen LogP contribution in [0.4, 0.5) is 10.1 Å². The molecule has 2 aromatic carbocycles. The average Bonchev–Trinajstić information content (AvgIpc) is 2.73. The third kappa shape index (κ3) is 7.59. The second kappa shape index (κ2) is 12.1. The van der Waals surface area contributed by atoms with Crippen LogP contribution in [0.25, 0.3) is 0 Å². The fourth-order valence-electron chi connectivity index (χ4n) is 2.62. The summed E-state index contributed by atoms with van der Waals surface area (Å²) in [5.74, 6) is 0.770. The molecule has 2 amide bonds. The van der Waals surface area contributed by atoms with Crippen LogP contribution in [-0.2, 0) is 9.59 Å². The zero-order valence-corrected chi connectivity index (χ0v) is 18.2. The summed E-state index contributed by atoms with van der Waals surface area (Å²) in [5.41, 5.74) is 1.41. The first-order valence-electron chi connectivity index (χ1n) is 9.66. The van der Waals surface area contributed by atoms with Crippen LogP contribution in [-0.4, -0.2) is 37.0 Å². The smallest absolute Gasteiger partial charge is 0.234 e. The van der Waals surface area contributed by atoms with E-state index in [0.29, 0.717) is 23.8 Å². The lowest BCUT2D eigenvalue weighted by atomic mass is 10.1. The predicted molar refractivity (Wildman–Crippen MR) is 118 cm³/mol. The lowest BCUT2D eigenvalue weighted by Crippen LogP contribution is -2.28. The van der Waals surface area contributed by atoms with Gasteiger partial charge in [-0.1, -0.05) is 13.0 Å². The summed E-state index contributed by atoms with van der Waals surface area (Å²) in [6.45, 7) is 4.52. The molecule has 0 bridgehead atoms. The molecule has 2 N–H and O–H groups in total. The monoisotopic (exact) mass is 434 g/mol. The van der Waals surface area contributed by atoms with Crippen LogP contribution < -0.4 is 20.1 Å². The van der Waals surface area contributed by atoms with Gasteiger partial charge in [0.25, 0.3) is 0 Å². The molecule has 2 rings (SSSR count). The van der Waals surface area contributed by atoms with Crippen molar-refractivity contribution in [3.8, 4) is 11.5 Å². The van der Waals surface area contributed by atoms with Crippen molar-refractivity contribution in [3.63, 3.8) is 0 Å². The van der Waals surface area contributed by atoms with Crippen molar-refractivity contribution >= 4 is 29.3 Å². The summed E-state index contributed by atoms with van der Waals surface area (Å²) in [7, 11) is 1.58. The maximum absolute atomic E-state index is 12.9. The summed E-state index contributed by atoms with van der Waals surface area (Å²) >= 11 is 1.21. The molecule has 0 aliphatic rings. The molecule has 0 aliphatic heterocycles. The van der Waals surface area contributed by atoms with Gasteiger partial charge in [-0.25, -0.2) is 4.39 Å². The summed E-state index contributed by atoms with van der Waals surface area (Å²) in [5, 5.41) is 5.57. The van der Waals surface area contributed by atoms with Crippen molar-refractivity contribution in [2.75, 3.05) is 30.5 Å². The quantitative estimate of drug-likeness (QED) is 0.555. The Morgan fingerprint density at radius 1 is 1.07 bits per heavy atom. The number of rotatable bonds is 11. The molecule has 0 aromatic heterocycles. The van der Waals surface area contributed by atoms with Crippen LogP contribution in [0.2, 0.25) is 0 Å². The van der Waals surface area contributed by atoms with E-state index in [1.165, 1.54) is 36.0 Å². The van der Waals surface area contributed by atoms with Crippen LogP contribution in [0.3, 0.4) is 0 Å². The topological polar surface area (TPSA) is 76.7 Å². The summed E-state index contributed by atoms with van der Waals surface area (Å²) < 4.78 is 23.9. The number of benzene rings is 2. The number of ether oxygens (including phenoxy) is 2. The number of carbonyl (C=O) groups excluding carboxylic acids is 2. The first kappa shape index (κ1) is 23.5. The van der Waals surface area contributed by atoms with Gasteiger partial charge in [0.15, 0.2) is 11.5 Å². The molecule has 0 saturated carbocycles. The van der Waals surface area contributed by atoms with Crippen molar-refractivity contribution in [2.45, 2.75) is 26.3 Å². The molecule has 2 aromatic rings. The number of carbonyl (C=O) groups is 2. The number of halogens is 1. The molecule has 6 nitrogen and oxygen atoms in total. The highest BCUT2D eigenvalue weighted by atomic mass is 32.2. The molecule has 0 saturated heterocycles. The van der Waals surface area contributed by atoms with Crippen molar-refractivity contribution in [1.29, 1.82) is 0 Å². The minimum atomic E-state index is -0.367. The number of hydrogen-bond acceptors (Lipinski definition) is 5. The number of thioether (sulfide) groups is 1. The van der Waals surface area contributed by atoms with Crippen molar-refractivity contribution < 1.29 is 23.5 Å². The van der Waals surface area contributed by atoms with Crippen LogP contribution in [0, 0.1) is 5.82 Å². The van der Waals surface area contributed by atoms with Gasteiger partial charge in [0.05, 0.1) is 31.3 Å². The first-order valence-corrected chi connectivity index (χ1v) is 10.8. The van der Waals surface area contributed by atoms with E-state index in [4.69, 9.17) is 9.47 Å². The largest absolute Gasteiger partial charge is 0.493 e. The van der Waals surface area contributed by atoms with E-state index >= 15 is 0 Å². The Morgan fingerprint density at radius 2 is 1.77 bits per heavy atom. The van der Waals surface area contributed by atoms with Crippen molar-refractivity contribution in [2.24, 2.45) is 0 Å². The van der Waals surface area contributed by atoms with Gasteiger partial charge < -0.3 is 20.1 Å². The van der Waals surface area contributed by atoms with Gasteiger partial charge in [0.2, 0.25) is 11.8 Å². The molecule has 30 heavy (non-hydrogen) atoms. The van der Waals surface area contributed by atoms with Crippen molar-refractivity contribution in [1.82, 2.24) is 5.32 Å². The summed E-state index contributed by atoms with van der Waals surface area (Å²) in [4.78, 5) is 24.1. The molecule has 0 heterocycles. The molecule has 0 fully saturated rings. The zero-order valence-electron chi connectivity index (χ0n) is 17.4. The second-order valence-electron chi connectivity index (χ2n) is 6.60. The van der Waals surface area contributed by atoms with Gasteiger partial charge in [-0.3, -0.25) is 9.59 Å². The van der Waals surface area contributed by atoms with Gasteiger partial charge in [0.1, 0.15) is 5.82 Å². The fraction of sp³-hybridized carbons (Fsp3) is 0.364.